The molecule has 1 unspecified atom stereocenters. The molecule has 0 saturated heterocycles. The summed E-state index contributed by atoms with van der Waals surface area (Å²) in [6.07, 6.45) is 15.7. The Morgan fingerprint density at radius 2 is 1.24 bits per heavy atom. The molecule has 0 fully saturated rings. The Kier molecular flexibility index (Phi) is 20.2. The molecule has 0 aliphatic carbocycles. The minimum atomic E-state index is -0.623. The fourth-order valence-electron chi connectivity index (χ4n) is 3.03. The van der Waals surface area contributed by atoms with Gasteiger partial charge in [0.05, 0.1) is 13.0 Å². The Morgan fingerprint density at radius 3 is 1.68 bits per heavy atom. The van der Waals surface area contributed by atoms with E-state index in [2.05, 4.69) is 11.7 Å². The molecule has 0 spiro atoms. The van der Waals surface area contributed by atoms with Gasteiger partial charge in [-0.05, 0) is 19.3 Å². The van der Waals surface area contributed by atoms with Crippen molar-refractivity contribution in [3.63, 3.8) is 0 Å². The van der Waals surface area contributed by atoms with Gasteiger partial charge in [-0.15, -0.1) is 0 Å². The van der Waals surface area contributed by atoms with Gasteiger partial charge >= 0.3 is 11.9 Å². The summed E-state index contributed by atoms with van der Waals surface area (Å²) < 4.78 is 4.61. The predicted molar refractivity (Wildman–Crippen MR) is 105 cm³/mol. The van der Waals surface area contributed by atoms with Gasteiger partial charge in [0.2, 0.25) is 0 Å². The summed E-state index contributed by atoms with van der Waals surface area (Å²) >= 11 is 0. The average molecular weight is 359 g/mol. The normalized spacial score (nSPS) is 11.6. The summed E-state index contributed by atoms with van der Waals surface area (Å²) in [4.78, 5) is 22.3. The zero-order valence-corrected chi connectivity index (χ0v) is 15.9. The first-order valence-electron chi connectivity index (χ1n) is 9.91. The molecule has 0 aliphatic rings. The highest BCUT2D eigenvalue weighted by Gasteiger charge is 2.16. The van der Waals surface area contributed by atoms with Gasteiger partial charge in [0.1, 0.15) is 0 Å². The van der Waals surface area contributed by atoms with Gasteiger partial charge in [-0.25, -0.2) is 0 Å². The van der Waals surface area contributed by atoms with E-state index in [1.165, 1.54) is 39.2 Å². The smallest absolute Gasteiger partial charge is 0.306 e. The van der Waals surface area contributed by atoms with Crippen LogP contribution in [-0.2, 0) is 14.3 Å². The molecule has 0 radical (unpaired) electrons. The van der Waals surface area contributed by atoms with Crippen molar-refractivity contribution in [2.45, 2.75) is 111 Å². The third kappa shape index (κ3) is 17.6. The maximum absolute atomic E-state index is 11.3. The molecule has 25 heavy (non-hydrogen) atoms. The molecule has 0 aliphatic heterocycles. The predicted octanol–water partition coefficient (Wildman–Crippen LogP) is 6.37. The molecule has 0 aromatic carbocycles. The molecule has 0 rings (SSSR count). The van der Waals surface area contributed by atoms with Crippen molar-refractivity contribution >= 4 is 11.9 Å². The third-order valence-electron chi connectivity index (χ3n) is 4.67. The second-order valence-electron chi connectivity index (χ2n) is 6.83. The Bertz CT molecular complexity index is 315. The molecule has 1 atom stereocenters. The second-order valence-corrected chi connectivity index (χ2v) is 6.83. The maximum Gasteiger partial charge on any atom is 0.306 e. The van der Waals surface area contributed by atoms with Gasteiger partial charge in [-0.2, -0.15) is 0 Å². The third-order valence-corrected chi connectivity index (χ3v) is 4.67. The van der Waals surface area contributed by atoms with Crippen LogP contribution in [0.3, 0.4) is 0 Å². The van der Waals surface area contributed by atoms with E-state index >= 15 is 0 Å². The number of aliphatic carboxylic acids is 1. The van der Waals surface area contributed by atoms with Crippen LogP contribution in [-0.4, -0.2) is 24.2 Å². The SMILES string of the molecule is C.CCCCCCCCC(CCCCCCCCC(=O)OC)C(=O)O. The topological polar surface area (TPSA) is 63.6 Å². The van der Waals surface area contributed by atoms with E-state index < -0.39 is 5.97 Å². The summed E-state index contributed by atoms with van der Waals surface area (Å²) in [5.74, 6) is -0.911. The second kappa shape index (κ2) is 19.3. The molecule has 0 saturated carbocycles. The number of carbonyl (C=O) groups is 2. The molecule has 1 N–H and O–H groups in total. The van der Waals surface area contributed by atoms with Crippen LogP contribution >= 0.6 is 0 Å². The van der Waals surface area contributed by atoms with E-state index in [4.69, 9.17) is 0 Å². The molecule has 0 aromatic rings. The summed E-state index contributed by atoms with van der Waals surface area (Å²) in [6, 6.07) is 0. The molecule has 0 bridgehead atoms. The quantitative estimate of drug-likeness (QED) is 0.242. The lowest BCUT2D eigenvalue weighted by Gasteiger charge is -2.12. The van der Waals surface area contributed by atoms with Gasteiger partial charge in [0.15, 0.2) is 0 Å². The number of hydrogen-bond acceptors (Lipinski definition) is 3. The molecule has 0 heterocycles. The minimum Gasteiger partial charge on any atom is -0.481 e. The van der Waals surface area contributed by atoms with Crippen LogP contribution < -0.4 is 0 Å². The summed E-state index contributed by atoms with van der Waals surface area (Å²) in [7, 11) is 1.42. The van der Waals surface area contributed by atoms with E-state index in [9.17, 15) is 14.7 Å². The van der Waals surface area contributed by atoms with Crippen LogP contribution in [0.1, 0.15) is 111 Å². The number of carbonyl (C=O) groups excluding carboxylic acids is 1. The van der Waals surface area contributed by atoms with E-state index in [1.807, 2.05) is 0 Å². The number of unbranched alkanes of at least 4 members (excludes halogenated alkanes) is 10. The summed E-state index contributed by atoms with van der Waals surface area (Å²) in [6.45, 7) is 2.21. The van der Waals surface area contributed by atoms with E-state index in [1.54, 1.807) is 0 Å². The zero-order valence-electron chi connectivity index (χ0n) is 15.9. The van der Waals surface area contributed by atoms with Gasteiger partial charge in [0.25, 0.3) is 0 Å². The lowest BCUT2D eigenvalue weighted by atomic mass is 9.94. The summed E-state index contributed by atoms with van der Waals surface area (Å²) in [5.41, 5.74) is 0. The summed E-state index contributed by atoms with van der Waals surface area (Å²) in [5, 5.41) is 9.32. The number of carboxylic acid groups (broad SMARTS) is 1. The van der Waals surface area contributed by atoms with Gasteiger partial charge in [-0.3, -0.25) is 9.59 Å². The lowest BCUT2D eigenvalue weighted by Crippen LogP contribution is -2.13. The first kappa shape index (κ1) is 26.2. The Hall–Kier alpha value is -1.06. The Labute approximate surface area is 155 Å². The fraction of sp³-hybridized carbons (Fsp3) is 0.905. The fourth-order valence-corrected chi connectivity index (χ4v) is 3.03. The van der Waals surface area contributed by atoms with Crippen LogP contribution in [0.15, 0.2) is 0 Å². The van der Waals surface area contributed by atoms with Crippen LogP contribution in [0.4, 0.5) is 0 Å². The number of methoxy groups -OCH3 is 1. The molecule has 0 aromatic heterocycles. The van der Waals surface area contributed by atoms with Crippen molar-refractivity contribution in [2.24, 2.45) is 5.92 Å². The van der Waals surface area contributed by atoms with Crippen LogP contribution in [0, 0.1) is 5.92 Å². The van der Waals surface area contributed by atoms with E-state index in [0.717, 1.165) is 57.8 Å². The van der Waals surface area contributed by atoms with Crippen LogP contribution in [0.2, 0.25) is 0 Å². The monoisotopic (exact) mass is 358 g/mol. The van der Waals surface area contributed by atoms with E-state index in [0.29, 0.717) is 6.42 Å². The first-order chi connectivity index (χ1) is 11.6. The number of esters is 1. The Balaban J connectivity index is 0. The minimum absolute atomic E-state index is 0. The zero-order chi connectivity index (χ0) is 18.0. The highest BCUT2D eigenvalue weighted by Crippen LogP contribution is 2.19. The largest absolute Gasteiger partial charge is 0.481 e. The van der Waals surface area contributed by atoms with E-state index in [-0.39, 0.29) is 19.3 Å². The van der Waals surface area contributed by atoms with Gasteiger partial charge in [-0.1, -0.05) is 85.0 Å². The van der Waals surface area contributed by atoms with Gasteiger partial charge < -0.3 is 9.84 Å². The van der Waals surface area contributed by atoms with Crippen molar-refractivity contribution < 1.29 is 19.4 Å². The molecule has 0 amide bonds. The number of hydrogen-bond donors (Lipinski definition) is 1. The van der Waals surface area contributed by atoms with Crippen molar-refractivity contribution in [1.29, 1.82) is 0 Å². The number of ether oxygens (including phenoxy) is 1. The molecular formula is C21H42O4. The highest BCUT2D eigenvalue weighted by atomic mass is 16.5. The average Bonchev–Trinajstić information content (AvgIpc) is 2.57. The maximum atomic E-state index is 11.3. The van der Waals surface area contributed by atoms with Gasteiger partial charge in [0, 0.05) is 6.42 Å². The van der Waals surface area contributed by atoms with Crippen molar-refractivity contribution in [1.82, 2.24) is 0 Å². The van der Waals surface area contributed by atoms with Crippen molar-refractivity contribution in [3.05, 3.63) is 0 Å². The molecule has 4 nitrogen and oxygen atoms in total. The highest BCUT2D eigenvalue weighted by molar-refractivity contribution is 5.69. The molecule has 4 heteroatoms. The molecule has 150 valence electrons. The van der Waals surface area contributed by atoms with Crippen molar-refractivity contribution in [3.8, 4) is 0 Å². The standard InChI is InChI=1S/C20H38O4.CH4/c1-3-4-5-6-9-12-15-18(20(22)23)16-13-10-7-8-11-14-17-19(21)24-2;/h18H,3-17H2,1-2H3,(H,22,23);1H4. The first-order valence-corrected chi connectivity index (χ1v) is 9.91. The number of carboxylic acids is 1. The van der Waals surface area contributed by atoms with Crippen LogP contribution in [0.25, 0.3) is 0 Å². The van der Waals surface area contributed by atoms with Crippen LogP contribution in [0.5, 0.6) is 0 Å². The number of rotatable bonds is 17. The van der Waals surface area contributed by atoms with Crippen molar-refractivity contribution in [2.75, 3.05) is 7.11 Å². The Morgan fingerprint density at radius 1 is 0.800 bits per heavy atom. The molecular weight excluding hydrogens is 316 g/mol. The lowest BCUT2D eigenvalue weighted by molar-refractivity contribution is -0.142.